The highest BCUT2D eigenvalue weighted by atomic mass is 32.1. The van der Waals surface area contributed by atoms with E-state index in [-0.39, 0.29) is 11.8 Å². The largest absolute Gasteiger partial charge is 0.369 e. The van der Waals surface area contributed by atoms with Gasteiger partial charge >= 0.3 is 0 Å². The molecule has 0 aliphatic carbocycles. The molecular formula is C17H26N4OS. The van der Waals surface area contributed by atoms with E-state index < -0.39 is 0 Å². The van der Waals surface area contributed by atoms with Gasteiger partial charge in [-0.1, -0.05) is 20.8 Å². The highest BCUT2D eigenvalue weighted by molar-refractivity contribution is 7.80. The molecule has 0 saturated carbocycles. The van der Waals surface area contributed by atoms with E-state index in [0.717, 1.165) is 38.4 Å². The van der Waals surface area contributed by atoms with Crippen LogP contribution in [0, 0.1) is 5.92 Å². The van der Waals surface area contributed by atoms with Gasteiger partial charge in [0.05, 0.1) is 0 Å². The van der Waals surface area contributed by atoms with Crippen molar-refractivity contribution in [2.75, 3.05) is 42.9 Å². The number of benzene rings is 1. The average Bonchev–Trinajstić information content (AvgIpc) is 2.55. The Balaban J connectivity index is 1.87. The van der Waals surface area contributed by atoms with Gasteiger partial charge in [-0.2, -0.15) is 0 Å². The van der Waals surface area contributed by atoms with Crippen molar-refractivity contribution in [2.24, 2.45) is 5.92 Å². The molecule has 0 radical (unpaired) electrons. The SMILES string of the molecule is CCN1CCN(c2ccc(NC(=S)NC(=O)C(C)C)cc2)CC1. The lowest BCUT2D eigenvalue weighted by Gasteiger charge is -2.35. The zero-order valence-electron chi connectivity index (χ0n) is 14.1. The summed E-state index contributed by atoms with van der Waals surface area (Å²) in [5, 5.41) is 6.07. The van der Waals surface area contributed by atoms with Crippen molar-refractivity contribution in [3.8, 4) is 0 Å². The first-order chi connectivity index (χ1) is 11.0. The lowest BCUT2D eigenvalue weighted by Crippen LogP contribution is -2.46. The third-order valence-electron chi connectivity index (χ3n) is 4.07. The lowest BCUT2D eigenvalue weighted by atomic mass is 10.2. The van der Waals surface area contributed by atoms with E-state index in [1.165, 1.54) is 5.69 Å². The number of anilines is 2. The molecule has 0 aromatic heterocycles. The Bertz CT molecular complexity index is 536. The van der Waals surface area contributed by atoms with Crippen LogP contribution in [-0.4, -0.2) is 48.6 Å². The van der Waals surface area contributed by atoms with E-state index in [0.29, 0.717) is 5.11 Å². The van der Waals surface area contributed by atoms with Crippen LogP contribution in [0.5, 0.6) is 0 Å². The number of carbonyl (C=O) groups is 1. The van der Waals surface area contributed by atoms with E-state index in [2.05, 4.69) is 39.5 Å². The van der Waals surface area contributed by atoms with Gasteiger partial charge in [0.2, 0.25) is 5.91 Å². The fourth-order valence-corrected chi connectivity index (χ4v) is 2.71. The fourth-order valence-electron chi connectivity index (χ4n) is 2.50. The topological polar surface area (TPSA) is 47.6 Å². The molecule has 1 aliphatic heterocycles. The van der Waals surface area contributed by atoms with Crippen LogP contribution >= 0.6 is 12.2 Å². The number of amides is 1. The van der Waals surface area contributed by atoms with Gasteiger partial charge in [-0.05, 0) is 43.0 Å². The molecule has 5 nitrogen and oxygen atoms in total. The zero-order chi connectivity index (χ0) is 16.8. The van der Waals surface area contributed by atoms with Crippen molar-refractivity contribution < 1.29 is 4.79 Å². The Labute approximate surface area is 144 Å². The van der Waals surface area contributed by atoms with Crippen LogP contribution in [0.4, 0.5) is 11.4 Å². The van der Waals surface area contributed by atoms with Gasteiger partial charge < -0.3 is 20.4 Å². The van der Waals surface area contributed by atoms with Crippen molar-refractivity contribution in [2.45, 2.75) is 20.8 Å². The number of hydrogen-bond acceptors (Lipinski definition) is 4. The summed E-state index contributed by atoms with van der Waals surface area (Å²) in [6.07, 6.45) is 0. The van der Waals surface area contributed by atoms with Crippen molar-refractivity contribution in [1.29, 1.82) is 0 Å². The summed E-state index contributed by atoms with van der Waals surface area (Å²) in [5.74, 6) is -0.160. The van der Waals surface area contributed by atoms with Crippen LogP contribution in [-0.2, 0) is 4.79 Å². The number of carbonyl (C=O) groups excluding carboxylic acids is 1. The van der Waals surface area contributed by atoms with Gasteiger partial charge in [-0.25, -0.2) is 0 Å². The van der Waals surface area contributed by atoms with Gasteiger partial charge in [0.1, 0.15) is 0 Å². The highest BCUT2D eigenvalue weighted by Gasteiger charge is 2.15. The predicted octanol–water partition coefficient (Wildman–Crippen LogP) is 2.30. The van der Waals surface area contributed by atoms with Gasteiger partial charge in [0, 0.05) is 43.5 Å². The minimum absolute atomic E-state index is 0.0760. The summed E-state index contributed by atoms with van der Waals surface area (Å²) in [5.41, 5.74) is 2.11. The zero-order valence-corrected chi connectivity index (χ0v) is 14.9. The first-order valence-electron chi connectivity index (χ1n) is 8.18. The number of rotatable bonds is 4. The molecule has 1 aromatic carbocycles. The maximum Gasteiger partial charge on any atom is 0.228 e. The maximum absolute atomic E-state index is 11.6. The Morgan fingerprint density at radius 1 is 1.17 bits per heavy atom. The molecule has 1 saturated heterocycles. The molecule has 1 fully saturated rings. The molecule has 0 bridgehead atoms. The van der Waals surface area contributed by atoms with Crippen LogP contribution < -0.4 is 15.5 Å². The molecule has 1 aliphatic rings. The van der Waals surface area contributed by atoms with Crippen LogP contribution in [0.15, 0.2) is 24.3 Å². The summed E-state index contributed by atoms with van der Waals surface area (Å²) in [6.45, 7) is 11.3. The number of nitrogens with one attached hydrogen (secondary N) is 2. The standard InChI is InChI=1S/C17H26N4OS/c1-4-20-9-11-21(12-10-20)15-7-5-14(6-8-15)18-17(23)19-16(22)13(2)3/h5-8,13H,4,9-12H2,1-3H3,(H2,18,19,22,23). The van der Waals surface area contributed by atoms with Gasteiger partial charge in [0.25, 0.3) is 0 Å². The summed E-state index contributed by atoms with van der Waals surface area (Å²) >= 11 is 5.16. The number of piperazine rings is 1. The molecule has 0 unspecified atom stereocenters. The molecule has 1 heterocycles. The predicted molar refractivity (Wildman–Crippen MR) is 100.0 cm³/mol. The minimum Gasteiger partial charge on any atom is -0.369 e. The van der Waals surface area contributed by atoms with Crippen LogP contribution in [0.3, 0.4) is 0 Å². The first kappa shape index (κ1) is 17.7. The third-order valence-corrected chi connectivity index (χ3v) is 4.28. The average molecular weight is 334 g/mol. The van der Waals surface area contributed by atoms with Crippen molar-refractivity contribution >= 4 is 34.6 Å². The maximum atomic E-state index is 11.6. The second-order valence-electron chi connectivity index (χ2n) is 6.07. The monoisotopic (exact) mass is 334 g/mol. The molecular weight excluding hydrogens is 308 g/mol. The number of thiocarbonyl (C=S) groups is 1. The Morgan fingerprint density at radius 2 is 1.78 bits per heavy atom. The number of likely N-dealkylation sites (N-methyl/N-ethyl adjacent to an activating group) is 1. The fraction of sp³-hybridized carbons (Fsp3) is 0.529. The van der Waals surface area contributed by atoms with Crippen molar-refractivity contribution in [3.05, 3.63) is 24.3 Å². The molecule has 126 valence electrons. The first-order valence-corrected chi connectivity index (χ1v) is 8.59. The molecule has 2 N–H and O–H groups in total. The van der Waals surface area contributed by atoms with E-state index >= 15 is 0 Å². The Hall–Kier alpha value is -1.66. The normalized spacial score (nSPS) is 15.6. The molecule has 2 rings (SSSR count). The second-order valence-corrected chi connectivity index (χ2v) is 6.47. The van der Waals surface area contributed by atoms with Gasteiger partial charge in [0.15, 0.2) is 5.11 Å². The van der Waals surface area contributed by atoms with Crippen LogP contribution in [0.2, 0.25) is 0 Å². The Kier molecular flexibility index (Phi) is 6.36. The molecule has 1 amide bonds. The highest BCUT2D eigenvalue weighted by Crippen LogP contribution is 2.19. The van der Waals surface area contributed by atoms with E-state index in [1.54, 1.807) is 0 Å². The summed E-state index contributed by atoms with van der Waals surface area (Å²) in [7, 11) is 0. The van der Waals surface area contributed by atoms with E-state index in [1.807, 2.05) is 26.0 Å². The van der Waals surface area contributed by atoms with Crippen LogP contribution in [0.1, 0.15) is 20.8 Å². The smallest absolute Gasteiger partial charge is 0.228 e. The van der Waals surface area contributed by atoms with Crippen molar-refractivity contribution in [3.63, 3.8) is 0 Å². The van der Waals surface area contributed by atoms with E-state index in [4.69, 9.17) is 12.2 Å². The molecule has 6 heteroatoms. The van der Waals surface area contributed by atoms with Gasteiger partial charge in [-0.3, -0.25) is 4.79 Å². The molecule has 0 atom stereocenters. The minimum atomic E-state index is -0.0843. The summed E-state index contributed by atoms with van der Waals surface area (Å²) in [6, 6.07) is 8.18. The van der Waals surface area contributed by atoms with Crippen LogP contribution in [0.25, 0.3) is 0 Å². The second kappa shape index (κ2) is 8.26. The molecule has 1 aromatic rings. The quantitative estimate of drug-likeness (QED) is 0.828. The number of nitrogens with zero attached hydrogens (tertiary/aromatic N) is 2. The number of hydrogen-bond donors (Lipinski definition) is 2. The van der Waals surface area contributed by atoms with E-state index in [9.17, 15) is 4.79 Å². The Morgan fingerprint density at radius 3 is 2.30 bits per heavy atom. The summed E-state index contributed by atoms with van der Waals surface area (Å²) < 4.78 is 0. The lowest BCUT2D eigenvalue weighted by molar-refractivity contribution is -0.122. The van der Waals surface area contributed by atoms with Crippen molar-refractivity contribution in [1.82, 2.24) is 10.2 Å². The molecule has 0 spiro atoms. The third kappa shape index (κ3) is 5.18. The molecule has 23 heavy (non-hydrogen) atoms. The van der Waals surface area contributed by atoms with Gasteiger partial charge in [-0.15, -0.1) is 0 Å². The summed E-state index contributed by atoms with van der Waals surface area (Å²) in [4.78, 5) is 16.5.